The molecule has 25 heavy (non-hydrogen) atoms. The summed E-state index contributed by atoms with van der Waals surface area (Å²) in [4.78, 5) is 14.8. The van der Waals surface area contributed by atoms with Crippen LogP contribution in [0.4, 0.5) is 5.69 Å². The number of rotatable bonds is 6. The van der Waals surface area contributed by atoms with Crippen molar-refractivity contribution >= 4 is 11.6 Å². The van der Waals surface area contributed by atoms with E-state index in [4.69, 9.17) is 9.15 Å². The molecule has 1 aromatic heterocycles. The lowest BCUT2D eigenvalue weighted by molar-refractivity contribution is 0.0983. The first-order chi connectivity index (χ1) is 12.2. The SMILES string of the molecule is COCc1ccc(C(=O)N(Cc2ccco2)c2ccc(C)cc2)cc1. The number of carbonyl (C=O) groups is 1. The Morgan fingerprint density at radius 2 is 1.76 bits per heavy atom. The van der Waals surface area contributed by atoms with Crippen molar-refractivity contribution in [2.75, 3.05) is 12.0 Å². The molecular weight excluding hydrogens is 314 g/mol. The number of methoxy groups -OCH3 is 1. The van der Waals surface area contributed by atoms with Crippen LogP contribution in [-0.2, 0) is 17.9 Å². The first kappa shape index (κ1) is 17.0. The Morgan fingerprint density at radius 3 is 2.36 bits per heavy atom. The second-order valence-electron chi connectivity index (χ2n) is 5.94. The minimum atomic E-state index is -0.0655. The maximum atomic E-state index is 13.1. The molecule has 0 unspecified atom stereocenters. The predicted octanol–water partition coefficient (Wildman–Crippen LogP) is 4.58. The number of amides is 1. The molecule has 0 bridgehead atoms. The number of hydrogen-bond acceptors (Lipinski definition) is 3. The summed E-state index contributed by atoms with van der Waals surface area (Å²) in [6.45, 7) is 2.94. The number of nitrogens with zero attached hydrogens (tertiary/aromatic N) is 1. The van der Waals surface area contributed by atoms with Gasteiger partial charge in [0.15, 0.2) is 0 Å². The summed E-state index contributed by atoms with van der Waals surface area (Å²) >= 11 is 0. The van der Waals surface area contributed by atoms with Gasteiger partial charge in [0.05, 0.1) is 19.4 Å². The van der Waals surface area contributed by atoms with Gasteiger partial charge in [-0.2, -0.15) is 0 Å². The highest BCUT2D eigenvalue weighted by Crippen LogP contribution is 2.21. The molecule has 0 atom stereocenters. The number of carbonyl (C=O) groups excluding carboxylic acids is 1. The number of aryl methyl sites for hydroxylation is 1. The quantitative estimate of drug-likeness (QED) is 0.662. The lowest BCUT2D eigenvalue weighted by atomic mass is 10.1. The molecule has 0 saturated carbocycles. The van der Waals surface area contributed by atoms with E-state index in [1.807, 2.05) is 67.6 Å². The third-order valence-electron chi connectivity index (χ3n) is 4.00. The molecule has 0 aliphatic heterocycles. The van der Waals surface area contributed by atoms with Crippen molar-refractivity contribution in [1.82, 2.24) is 0 Å². The monoisotopic (exact) mass is 335 g/mol. The third-order valence-corrected chi connectivity index (χ3v) is 4.00. The largest absolute Gasteiger partial charge is 0.467 e. The highest BCUT2D eigenvalue weighted by molar-refractivity contribution is 6.06. The lowest BCUT2D eigenvalue weighted by Crippen LogP contribution is -2.30. The number of benzene rings is 2. The van der Waals surface area contributed by atoms with Crippen molar-refractivity contribution in [2.24, 2.45) is 0 Å². The number of anilines is 1. The Bertz CT molecular complexity index is 805. The summed E-state index contributed by atoms with van der Waals surface area (Å²) in [6, 6.07) is 19.1. The van der Waals surface area contributed by atoms with Crippen molar-refractivity contribution in [3.8, 4) is 0 Å². The van der Waals surface area contributed by atoms with E-state index in [0.29, 0.717) is 18.7 Å². The Balaban J connectivity index is 1.89. The highest BCUT2D eigenvalue weighted by atomic mass is 16.5. The van der Waals surface area contributed by atoms with Crippen molar-refractivity contribution in [3.63, 3.8) is 0 Å². The molecule has 3 rings (SSSR count). The molecule has 0 spiro atoms. The summed E-state index contributed by atoms with van der Waals surface area (Å²) in [5.74, 6) is 0.675. The van der Waals surface area contributed by atoms with Crippen LogP contribution in [0.15, 0.2) is 71.3 Å². The molecule has 0 saturated heterocycles. The molecule has 1 amide bonds. The summed E-state index contributed by atoms with van der Waals surface area (Å²) in [5.41, 5.74) is 3.66. The Morgan fingerprint density at radius 1 is 1.04 bits per heavy atom. The predicted molar refractivity (Wildman–Crippen MR) is 97.6 cm³/mol. The Kier molecular flexibility index (Phi) is 5.31. The van der Waals surface area contributed by atoms with E-state index in [1.54, 1.807) is 18.3 Å². The van der Waals surface area contributed by atoms with E-state index in [1.165, 1.54) is 0 Å². The molecule has 128 valence electrons. The lowest BCUT2D eigenvalue weighted by Gasteiger charge is -2.22. The average molecular weight is 335 g/mol. The van der Waals surface area contributed by atoms with Crippen LogP contribution in [0.25, 0.3) is 0 Å². The molecule has 0 fully saturated rings. The van der Waals surface area contributed by atoms with Gasteiger partial charge in [0.25, 0.3) is 5.91 Å². The molecule has 0 aliphatic rings. The average Bonchev–Trinajstić information content (AvgIpc) is 3.14. The van der Waals surface area contributed by atoms with Crippen molar-refractivity contribution in [3.05, 3.63) is 89.4 Å². The molecule has 4 nitrogen and oxygen atoms in total. The Hall–Kier alpha value is -2.85. The van der Waals surface area contributed by atoms with Gasteiger partial charge >= 0.3 is 0 Å². The van der Waals surface area contributed by atoms with Gasteiger partial charge in [0.2, 0.25) is 0 Å². The third kappa shape index (κ3) is 4.17. The van der Waals surface area contributed by atoms with E-state index in [-0.39, 0.29) is 5.91 Å². The number of ether oxygens (including phenoxy) is 1. The van der Waals surface area contributed by atoms with Crippen LogP contribution in [0.3, 0.4) is 0 Å². The van der Waals surface area contributed by atoms with Crippen LogP contribution in [0.2, 0.25) is 0 Å². The highest BCUT2D eigenvalue weighted by Gasteiger charge is 2.19. The summed E-state index contributed by atoms with van der Waals surface area (Å²) in [6.07, 6.45) is 1.62. The van der Waals surface area contributed by atoms with E-state index in [0.717, 1.165) is 22.6 Å². The van der Waals surface area contributed by atoms with Crippen LogP contribution >= 0.6 is 0 Å². The molecule has 3 aromatic rings. The summed E-state index contributed by atoms with van der Waals surface area (Å²) in [5, 5.41) is 0. The molecule has 0 radical (unpaired) electrons. The maximum absolute atomic E-state index is 13.1. The minimum absolute atomic E-state index is 0.0655. The van der Waals surface area contributed by atoms with Crippen LogP contribution < -0.4 is 4.90 Å². The molecule has 0 aliphatic carbocycles. The first-order valence-corrected chi connectivity index (χ1v) is 8.16. The van der Waals surface area contributed by atoms with Gasteiger partial charge in [-0.25, -0.2) is 0 Å². The fourth-order valence-corrected chi connectivity index (χ4v) is 2.63. The Labute approximate surface area is 147 Å². The molecular formula is C21H21NO3. The van der Waals surface area contributed by atoms with Gasteiger partial charge < -0.3 is 14.1 Å². The van der Waals surface area contributed by atoms with Gasteiger partial charge in [-0.1, -0.05) is 29.8 Å². The van der Waals surface area contributed by atoms with E-state index >= 15 is 0 Å². The van der Waals surface area contributed by atoms with Crippen molar-refractivity contribution in [1.29, 1.82) is 0 Å². The zero-order valence-corrected chi connectivity index (χ0v) is 14.4. The van der Waals surface area contributed by atoms with E-state index in [9.17, 15) is 4.79 Å². The minimum Gasteiger partial charge on any atom is -0.467 e. The van der Waals surface area contributed by atoms with Gasteiger partial charge in [0, 0.05) is 18.4 Å². The fourth-order valence-electron chi connectivity index (χ4n) is 2.63. The van der Waals surface area contributed by atoms with E-state index in [2.05, 4.69) is 0 Å². The molecule has 2 aromatic carbocycles. The number of furan rings is 1. The smallest absolute Gasteiger partial charge is 0.258 e. The molecule has 1 heterocycles. The summed E-state index contributed by atoms with van der Waals surface area (Å²) in [7, 11) is 1.65. The normalized spacial score (nSPS) is 10.6. The molecule has 0 N–H and O–H groups in total. The van der Waals surface area contributed by atoms with Crippen molar-refractivity contribution in [2.45, 2.75) is 20.1 Å². The van der Waals surface area contributed by atoms with Crippen LogP contribution in [0, 0.1) is 6.92 Å². The fraction of sp³-hybridized carbons (Fsp3) is 0.190. The second-order valence-corrected chi connectivity index (χ2v) is 5.94. The van der Waals surface area contributed by atoms with Gasteiger partial charge in [-0.3, -0.25) is 4.79 Å². The zero-order chi connectivity index (χ0) is 17.6. The summed E-state index contributed by atoms with van der Waals surface area (Å²) < 4.78 is 10.6. The van der Waals surface area contributed by atoms with Gasteiger partial charge in [-0.15, -0.1) is 0 Å². The van der Waals surface area contributed by atoms with E-state index < -0.39 is 0 Å². The van der Waals surface area contributed by atoms with Gasteiger partial charge in [0.1, 0.15) is 5.76 Å². The topological polar surface area (TPSA) is 42.7 Å². The maximum Gasteiger partial charge on any atom is 0.258 e. The molecule has 4 heteroatoms. The van der Waals surface area contributed by atoms with Crippen LogP contribution in [-0.4, -0.2) is 13.0 Å². The van der Waals surface area contributed by atoms with Gasteiger partial charge in [-0.05, 0) is 48.9 Å². The standard InChI is InChI=1S/C21H21NO3/c1-16-5-11-19(12-6-16)22(14-20-4-3-13-25-20)21(23)18-9-7-17(8-10-18)15-24-2/h3-13H,14-15H2,1-2H3. The van der Waals surface area contributed by atoms with Crippen molar-refractivity contribution < 1.29 is 13.9 Å². The van der Waals surface area contributed by atoms with Crippen LogP contribution in [0.5, 0.6) is 0 Å². The number of hydrogen-bond donors (Lipinski definition) is 0. The van der Waals surface area contributed by atoms with Crippen LogP contribution in [0.1, 0.15) is 27.2 Å². The zero-order valence-electron chi connectivity index (χ0n) is 14.4. The first-order valence-electron chi connectivity index (χ1n) is 8.16. The second kappa shape index (κ2) is 7.81.